The second kappa shape index (κ2) is 9.63. The van der Waals surface area contributed by atoms with Gasteiger partial charge in [0, 0.05) is 22.2 Å². The minimum atomic E-state index is -0.621. The standard InChI is InChI=1S/C21H15BrN4O5/c22-17-7-3-1-5-15(17)20(28)24-18-8-4-2-6-16(18)21(29)25-23-12-13-11-14(26(30)31)9-10-19(13)27/h1-12,27H,(H,24,28)(H,25,29)/b23-12+. The van der Waals surface area contributed by atoms with Crippen molar-refractivity contribution in [1.29, 1.82) is 0 Å². The van der Waals surface area contributed by atoms with Crippen LogP contribution in [0.5, 0.6) is 5.75 Å². The highest BCUT2D eigenvalue weighted by Crippen LogP contribution is 2.22. The molecule has 3 rings (SSSR count). The van der Waals surface area contributed by atoms with Gasteiger partial charge in [0.25, 0.3) is 17.5 Å². The van der Waals surface area contributed by atoms with Crippen molar-refractivity contribution in [3.63, 3.8) is 0 Å². The number of anilines is 1. The maximum atomic E-state index is 12.5. The van der Waals surface area contributed by atoms with E-state index in [0.717, 1.165) is 24.4 Å². The lowest BCUT2D eigenvalue weighted by Crippen LogP contribution is -2.21. The normalized spacial score (nSPS) is 10.6. The molecule has 0 aromatic heterocycles. The van der Waals surface area contributed by atoms with Gasteiger partial charge in [-0.3, -0.25) is 19.7 Å². The highest BCUT2D eigenvalue weighted by atomic mass is 79.9. The van der Waals surface area contributed by atoms with E-state index < -0.39 is 16.7 Å². The smallest absolute Gasteiger partial charge is 0.273 e. The fourth-order valence-electron chi connectivity index (χ4n) is 2.60. The Labute approximate surface area is 184 Å². The molecule has 0 spiro atoms. The van der Waals surface area contributed by atoms with Crippen LogP contribution in [0.15, 0.2) is 76.3 Å². The van der Waals surface area contributed by atoms with Gasteiger partial charge in [-0.2, -0.15) is 5.10 Å². The topological polar surface area (TPSA) is 134 Å². The third kappa shape index (κ3) is 5.31. The number of hydrazone groups is 1. The first-order valence-electron chi connectivity index (χ1n) is 8.82. The average Bonchev–Trinajstić information content (AvgIpc) is 2.75. The van der Waals surface area contributed by atoms with Crippen LogP contribution in [0.4, 0.5) is 11.4 Å². The van der Waals surface area contributed by atoms with Crippen molar-refractivity contribution in [3.05, 3.63) is 98.0 Å². The Kier molecular flexibility index (Phi) is 6.73. The van der Waals surface area contributed by atoms with Gasteiger partial charge in [0.15, 0.2) is 0 Å². The Bertz CT molecular complexity index is 1200. The van der Waals surface area contributed by atoms with Gasteiger partial charge >= 0.3 is 0 Å². The summed E-state index contributed by atoms with van der Waals surface area (Å²) in [4.78, 5) is 35.3. The molecule has 0 atom stereocenters. The van der Waals surface area contributed by atoms with Crippen LogP contribution in [0.2, 0.25) is 0 Å². The fraction of sp³-hybridized carbons (Fsp3) is 0. The molecular formula is C21H15BrN4O5. The SMILES string of the molecule is O=C(Nc1ccccc1C(=O)N/N=C/c1cc([N+](=O)[O-])ccc1O)c1ccccc1Br. The minimum Gasteiger partial charge on any atom is -0.507 e. The molecule has 0 bridgehead atoms. The number of non-ortho nitro benzene ring substituents is 1. The first kappa shape index (κ1) is 21.7. The van der Waals surface area contributed by atoms with E-state index in [9.17, 15) is 24.8 Å². The number of phenolic OH excluding ortho intramolecular Hbond substituents is 1. The molecule has 0 aliphatic rings. The Morgan fingerprint density at radius 1 is 1.00 bits per heavy atom. The molecule has 2 amide bonds. The van der Waals surface area contributed by atoms with Crippen LogP contribution in [-0.2, 0) is 0 Å². The minimum absolute atomic E-state index is 0.0602. The van der Waals surface area contributed by atoms with Gasteiger partial charge < -0.3 is 10.4 Å². The zero-order valence-corrected chi connectivity index (χ0v) is 17.4. The molecule has 3 aromatic carbocycles. The molecule has 31 heavy (non-hydrogen) atoms. The average molecular weight is 483 g/mol. The van der Waals surface area contributed by atoms with Gasteiger partial charge in [-0.25, -0.2) is 5.43 Å². The zero-order valence-electron chi connectivity index (χ0n) is 15.8. The number of hydrogen-bond donors (Lipinski definition) is 3. The highest BCUT2D eigenvalue weighted by Gasteiger charge is 2.15. The monoisotopic (exact) mass is 482 g/mol. The van der Waals surface area contributed by atoms with E-state index >= 15 is 0 Å². The van der Waals surface area contributed by atoms with Crippen molar-refractivity contribution in [1.82, 2.24) is 5.43 Å². The highest BCUT2D eigenvalue weighted by molar-refractivity contribution is 9.10. The summed E-state index contributed by atoms with van der Waals surface area (Å²) in [5.74, 6) is -1.26. The Morgan fingerprint density at radius 3 is 2.39 bits per heavy atom. The number of hydrogen-bond acceptors (Lipinski definition) is 6. The summed E-state index contributed by atoms with van der Waals surface area (Å²) < 4.78 is 0.607. The Morgan fingerprint density at radius 2 is 1.68 bits per heavy atom. The van der Waals surface area contributed by atoms with Gasteiger partial charge in [-0.05, 0) is 46.3 Å². The molecule has 0 saturated heterocycles. The molecule has 3 aromatic rings. The summed E-state index contributed by atoms with van der Waals surface area (Å²) in [6, 6.07) is 16.7. The summed E-state index contributed by atoms with van der Waals surface area (Å²) in [6.07, 6.45) is 1.09. The van der Waals surface area contributed by atoms with Gasteiger partial charge in [0.2, 0.25) is 0 Å². The quantitative estimate of drug-likeness (QED) is 0.276. The van der Waals surface area contributed by atoms with Crippen molar-refractivity contribution in [2.24, 2.45) is 5.10 Å². The Hall–Kier alpha value is -4.05. The fourth-order valence-corrected chi connectivity index (χ4v) is 3.07. The summed E-state index contributed by atoms with van der Waals surface area (Å²) in [7, 11) is 0. The number of rotatable bonds is 6. The predicted octanol–water partition coefficient (Wildman–Crippen LogP) is 4.08. The number of aromatic hydroxyl groups is 1. The number of nitrogens with zero attached hydrogens (tertiary/aromatic N) is 2. The third-order valence-corrected chi connectivity index (χ3v) is 4.82. The number of nitrogens with one attached hydrogen (secondary N) is 2. The van der Waals surface area contributed by atoms with E-state index in [1.807, 2.05) is 0 Å². The van der Waals surface area contributed by atoms with E-state index in [2.05, 4.69) is 31.8 Å². The number of carbonyl (C=O) groups is 2. The number of carbonyl (C=O) groups excluding carboxylic acids is 2. The van der Waals surface area contributed by atoms with Crippen molar-refractivity contribution < 1.29 is 19.6 Å². The summed E-state index contributed by atoms with van der Waals surface area (Å²) in [5.41, 5.74) is 2.93. The predicted molar refractivity (Wildman–Crippen MR) is 118 cm³/mol. The molecule has 0 heterocycles. The zero-order chi connectivity index (χ0) is 22.4. The van der Waals surface area contributed by atoms with E-state index in [0.29, 0.717) is 10.0 Å². The van der Waals surface area contributed by atoms with Crippen LogP contribution >= 0.6 is 15.9 Å². The first-order valence-corrected chi connectivity index (χ1v) is 9.62. The summed E-state index contributed by atoms with van der Waals surface area (Å²) >= 11 is 3.31. The number of amides is 2. The van der Waals surface area contributed by atoms with Crippen molar-refractivity contribution in [2.45, 2.75) is 0 Å². The Balaban J connectivity index is 1.75. The molecule has 9 nitrogen and oxygen atoms in total. The van der Waals surface area contributed by atoms with Crippen LogP contribution in [0.1, 0.15) is 26.3 Å². The van der Waals surface area contributed by atoms with Gasteiger partial charge in [0.1, 0.15) is 5.75 Å². The van der Waals surface area contributed by atoms with Gasteiger partial charge in [-0.1, -0.05) is 24.3 Å². The third-order valence-electron chi connectivity index (χ3n) is 4.13. The second-order valence-electron chi connectivity index (χ2n) is 6.18. The summed E-state index contributed by atoms with van der Waals surface area (Å²) in [5, 5.41) is 27.1. The van der Waals surface area contributed by atoms with Gasteiger partial charge in [0.05, 0.1) is 28.0 Å². The number of phenols is 1. The van der Waals surface area contributed by atoms with Crippen LogP contribution < -0.4 is 10.7 Å². The maximum absolute atomic E-state index is 12.5. The van der Waals surface area contributed by atoms with E-state index in [1.54, 1.807) is 42.5 Å². The number of benzene rings is 3. The molecule has 0 aliphatic carbocycles. The van der Waals surface area contributed by atoms with E-state index in [1.165, 1.54) is 6.07 Å². The lowest BCUT2D eigenvalue weighted by atomic mass is 10.1. The van der Waals surface area contributed by atoms with E-state index in [4.69, 9.17) is 0 Å². The van der Waals surface area contributed by atoms with Crippen LogP contribution in [0.3, 0.4) is 0 Å². The van der Waals surface area contributed by atoms with E-state index in [-0.39, 0.29) is 28.3 Å². The lowest BCUT2D eigenvalue weighted by Gasteiger charge is -2.10. The molecule has 0 radical (unpaired) electrons. The molecule has 0 fully saturated rings. The molecule has 0 unspecified atom stereocenters. The molecular weight excluding hydrogens is 468 g/mol. The molecule has 156 valence electrons. The van der Waals surface area contributed by atoms with Crippen molar-refractivity contribution in [3.8, 4) is 5.75 Å². The van der Waals surface area contributed by atoms with Crippen LogP contribution in [0.25, 0.3) is 0 Å². The first-order chi connectivity index (χ1) is 14.9. The maximum Gasteiger partial charge on any atom is 0.273 e. The summed E-state index contributed by atoms with van der Waals surface area (Å²) in [6.45, 7) is 0. The molecule has 0 aliphatic heterocycles. The van der Waals surface area contributed by atoms with Crippen molar-refractivity contribution >= 4 is 45.3 Å². The lowest BCUT2D eigenvalue weighted by molar-refractivity contribution is -0.384. The molecule has 3 N–H and O–H groups in total. The van der Waals surface area contributed by atoms with Crippen molar-refractivity contribution in [2.75, 3.05) is 5.32 Å². The number of para-hydroxylation sites is 1. The largest absolute Gasteiger partial charge is 0.507 e. The van der Waals surface area contributed by atoms with Crippen LogP contribution in [0, 0.1) is 10.1 Å². The van der Waals surface area contributed by atoms with Gasteiger partial charge in [-0.15, -0.1) is 0 Å². The molecule has 10 heteroatoms. The number of nitro groups is 1. The number of halogens is 1. The second-order valence-corrected chi connectivity index (χ2v) is 7.03. The van der Waals surface area contributed by atoms with Crippen LogP contribution in [-0.4, -0.2) is 28.1 Å². The molecule has 0 saturated carbocycles. The number of nitro benzene ring substituents is 1.